The van der Waals surface area contributed by atoms with Crippen molar-refractivity contribution in [3.63, 3.8) is 0 Å². The van der Waals surface area contributed by atoms with Gasteiger partial charge >= 0.3 is 5.69 Å². The number of para-hydroxylation sites is 1. The standard InChI is InChI=1S/C20H17N3O3/c24-20-12-11-17(13-19(20)23(25)26)14-21-22(18-9-5-2-6-10-18)15-16-7-3-1-4-8-16/h1-14,24H,15H2/b21-14+. The Labute approximate surface area is 150 Å². The minimum absolute atomic E-state index is 0.344. The lowest BCUT2D eigenvalue weighted by Crippen LogP contribution is -2.16. The molecule has 0 aromatic heterocycles. The number of hydrogen-bond acceptors (Lipinski definition) is 5. The lowest BCUT2D eigenvalue weighted by molar-refractivity contribution is -0.385. The second-order valence-corrected chi connectivity index (χ2v) is 5.63. The van der Waals surface area contributed by atoms with Crippen LogP contribution in [0.1, 0.15) is 11.1 Å². The molecule has 0 amide bonds. The second kappa shape index (κ2) is 7.94. The molecule has 0 heterocycles. The van der Waals surface area contributed by atoms with Gasteiger partial charge in [-0.05, 0) is 29.8 Å². The van der Waals surface area contributed by atoms with Gasteiger partial charge in [-0.25, -0.2) is 0 Å². The van der Waals surface area contributed by atoms with Crippen molar-refractivity contribution in [3.05, 3.63) is 100 Å². The third kappa shape index (κ3) is 4.24. The number of hydrogen-bond donors (Lipinski definition) is 1. The van der Waals surface area contributed by atoms with Crippen molar-refractivity contribution in [2.24, 2.45) is 5.10 Å². The van der Waals surface area contributed by atoms with Crippen LogP contribution < -0.4 is 5.01 Å². The number of phenols is 1. The fourth-order valence-electron chi connectivity index (χ4n) is 2.46. The average molecular weight is 347 g/mol. The SMILES string of the molecule is O=[N+]([O-])c1cc(/C=N/N(Cc2ccccc2)c2ccccc2)ccc1O. The van der Waals surface area contributed by atoms with Gasteiger partial charge in [-0.2, -0.15) is 5.10 Å². The lowest BCUT2D eigenvalue weighted by atomic mass is 10.2. The maximum Gasteiger partial charge on any atom is 0.311 e. The monoisotopic (exact) mass is 347 g/mol. The van der Waals surface area contributed by atoms with Crippen LogP contribution in [0.5, 0.6) is 5.75 Å². The van der Waals surface area contributed by atoms with Crippen molar-refractivity contribution >= 4 is 17.6 Å². The minimum atomic E-state index is -0.619. The largest absolute Gasteiger partial charge is 0.502 e. The summed E-state index contributed by atoms with van der Waals surface area (Å²) in [6.45, 7) is 0.557. The number of benzene rings is 3. The molecule has 6 nitrogen and oxygen atoms in total. The maximum atomic E-state index is 11.0. The maximum absolute atomic E-state index is 11.0. The third-order valence-electron chi connectivity index (χ3n) is 3.77. The summed E-state index contributed by atoms with van der Waals surface area (Å²) >= 11 is 0. The van der Waals surface area contributed by atoms with Crippen molar-refractivity contribution in [2.45, 2.75) is 6.54 Å². The fraction of sp³-hybridized carbons (Fsp3) is 0.0500. The van der Waals surface area contributed by atoms with Crippen molar-refractivity contribution < 1.29 is 10.0 Å². The van der Waals surface area contributed by atoms with Gasteiger partial charge in [0.15, 0.2) is 5.75 Å². The predicted molar refractivity (Wildman–Crippen MR) is 101 cm³/mol. The Morgan fingerprint density at radius 1 is 1.00 bits per heavy atom. The molecule has 0 aliphatic carbocycles. The van der Waals surface area contributed by atoms with E-state index in [0.29, 0.717) is 12.1 Å². The molecule has 3 aromatic carbocycles. The van der Waals surface area contributed by atoms with Crippen LogP contribution in [0.3, 0.4) is 0 Å². The van der Waals surface area contributed by atoms with E-state index >= 15 is 0 Å². The summed E-state index contributed by atoms with van der Waals surface area (Å²) in [4.78, 5) is 10.3. The zero-order valence-electron chi connectivity index (χ0n) is 13.9. The van der Waals surface area contributed by atoms with E-state index in [1.54, 1.807) is 12.3 Å². The Morgan fingerprint density at radius 3 is 2.31 bits per heavy atom. The van der Waals surface area contributed by atoms with Gasteiger partial charge in [-0.3, -0.25) is 15.1 Å². The van der Waals surface area contributed by atoms with Gasteiger partial charge < -0.3 is 5.11 Å². The fourth-order valence-corrected chi connectivity index (χ4v) is 2.46. The Hall–Kier alpha value is -3.67. The molecule has 0 fully saturated rings. The van der Waals surface area contributed by atoms with Crippen molar-refractivity contribution in [1.82, 2.24) is 0 Å². The van der Waals surface area contributed by atoms with Gasteiger partial charge in [0, 0.05) is 11.6 Å². The molecule has 0 saturated carbocycles. The van der Waals surface area contributed by atoms with Gasteiger partial charge in [0.25, 0.3) is 0 Å². The quantitative estimate of drug-likeness (QED) is 0.409. The summed E-state index contributed by atoms with van der Waals surface area (Å²) in [6, 6.07) is 23.7. The highest BCUT2D eigenvalue weighted by Crippen LogP contribution is 2.26. The van der Waals surface area contributed by atoms with E-state index < -0.39 is 4.92 Å². The Kier molecular flexibility index (Phi) is 5.24. The zero-order chi connectivity index (χ0) is 18.4. The Bertz CT molecular complexity index is 912. The lowest BCUT2D eigenvalue weighted by Gasteiger charge is -2.19. The van der Waals surface area contributed by atoms with E-state index in [-0.39, 0.29) is 11.4 Å². The molecular formula is C20H17N3O3. The molecule has 0 atom stereocenters. The van der Waals surface area contributed by atoms with Crippen LogP contribution in [-0.2, 0) is 6.54 Å². The first-order chi connectivity index (χ1) is 12.6. The highest BCUT2D eigenvalue weighted by molar-refractivity contribution is 5.82. The Balaban J connectivity index is 1.89. The molecule has 0 spiro atoms. The molecule has 3 aromatic rings. The number of anilines is 1. The number of nitro groups is 1. The zero-order valence-corrected chi connectivity index (χ0v) is 13.9. The summed E-state index contributed by atoms with van der Waals surface area (Å²) in [5, 5.41) is 26.8. The first-order valence-corrected chi connectivity index (χ1v) is 8.01. The highest BCUT2D eigenvalue weighted by Gasteiger charge is 2.13. The average Bonchev–Trinajstić information content (AvgIpc) is 2.67. The van der Waals surface area contributed by atoms with Crippen LogP contribution in [0, 0.1) is 10.1 Å². The van der Waals surface area contributed by atoms with E-state index in [1.165, 1.54) is 12.1 Å². The van der Waals surface area contributed by atoms with Crippen LogP contribution >= 0.6 is 0 Å². The molecule has 0 aliphatic heterocycles. The summed E-state index contributed by atoms with van der Waals surface area (Å²) in [5.41, 5.74) is 2.18. The van der Waals surface area contributed by atoms with E-state index in [0.717, 1.165) is 11.3 Å². The van der Waals surface area contributed by atoms with Crippen LogP contribution in [0.15, 0.2) is 84.0 Å². The number of hydrazone groups is 1. The van der Waals surface area contributed by atoms with Crippen LogP contribution in [0.25, 0.3) is 0 Å². The van der Waals surface area contributed by atoms with E-state index in [4.69, 9.17) is 0 Å². The molecule has 0 radical (unpaired) electrons. The Morgan fingerprint density at radius 2 is 1.65 bits per heavy atom. The highest BCUT2D eigenvalue weighted by atomic mass is 16.6. The molecule has 1 N–H and O–H groups in total. The third-order valence-corrected chi connectivity index (χ3v) is 3.77. The molecule has 130 valence electrons. The first kappa shape index (κ1) is 17.2. The van der Waals surface area contributed by atoms with E-state index in [9.17, 15) is 15.2 Å². The number of rotatable bonds is 6. The molecule has 3 rings (SSSR count). The van der Waals surface area contributed by atoms with Crippen LogP contribution in [-0.4, -0.2) is 16.2 Å². The van der Waals surface area contributed by atoms with Gasteiger partial charge in [-0.1, -0.05) is 48.5 Å². The molecule has 6 heteroatoms. The number of phenolic OH excluding ortho intramolecular Hbond substituents is 1. The summed E-state index contributed by atoms with van der Waals surface area (Å²) in [5.74, 6) is -0.364. The summed E-state index contributed by atoms with van der Waals surface area (Å²) < 4.78 is 0. The number of aromatic hydroxyl groups is 1. The molecular weight excluding hydrogens is 330 g/mol. The topological polar surface area (TPSA) is 79.0 Å². The summed E-state index contributed by atoms with van der Waals surface area (Å²) in [6.07, 6.45) is 1.54. The van der Waals surface area contributed by atoms with Gasteiger partial charge in [0.05, 0.1) is 23.4 Å². The molecule has 0 unspecified atom stereocenters. The van der Waals surface area contributed by atoms with Gasteiger partial charge in [-0.15, -0.1) is 0 Å². The van der Waals surface area contributed by atoms with E-state index in [2.05, 4.69) is 5.10 Å². The normalized spacial score (nSPS) is 10.8. The number of nitrogens with zero attached hydrogens (tertiary/aromatic N) is 3. The molecule has 26 heavy (non-hydrogen) atoms. The minimum Gasteiger partial charge on any atom is -0.502 e. The number of nitro benzene ring substituents is 1. The summed E-state index contributed by atoms with van der Waals surface area (Å²) in [7, 11) is 0. The van der Waals surface area contributed by atoms with Gasteiger partial charge in [0.2, 0.25) is 0 Å². The predicted octanol–water partition coefficient (Wildman–Crippen LogP) is 4.34. The first-order valence-electron chi connectivity index (χ1n) is 8.01. The van der Waals surface area contributed by atoms with Crippen molar-refractivity contribution in [2.75, 3.05) is 5.01 Å². The van der Waals surface area contributed by atoms with Crippen molar-refractivity contribution in [1.29, 1.82) is 0 Å². The van der Waals surface area contributed by atoms with Crippen molar-refractivity contribution in [3.8, 4) is 5.75 Å². The second-order valence-electron chi connectivity index (χ2n) is 5.63. The molecule has 0 aliphatic rings. The molecule has 0 bridgehead atoms. The van der Waals surface area contributed by atoms with Crippen LogP contribution in [0.4, 0.5) is 11.4 Å². The van der Waals surface area contributed by atoms with Gasteiger partial charge in [0.1, 0.15) is 0 Å². The van der Waals surface area contributed by atoms with E-state index in [1.807, 2.05) is 65.7 Å². The smallest absolute Gasteiger partial charge is 0.311 e. The van der Waals surface area contributed by atoms with Crippen LogP contribution in [0.2, 0.25) is 0 Å². The molecule has 0 saturated heterocycles.